The summed E-state index contributed by atoms with van der Waals surface area (Å²) in [5, 5.41) is 3.71. The van der Waals surface area contributed by atoms with E-state index in [1.54, 1.807) is 0 Å². The van der Waals surface area contributed by atoms with Gasteiger partial charge >= 0.3 is 0 Å². The van der Waals surface area contributed by atoms with E-state index in [0.717, 1.165) is 12.5 Å². The lowest BCUT2D eigenvalue weighted by molar-refractivity contribution is 0.456. The van der Waals surface area contributed by atoms with Crippen molar-refractivity contribution in [1.29, 1.82) is 0 Å². The van der Waals surface area contributed by atoms with Crippen molar-refractivity contribution in [2.24, 2.45) is 5.92 Å². The van der Waals surface area contributed by atoms with E-state index >= 15 is 0 Å². The highest BCUT2D eigenvalue weighted by atomic mass is 14.9. The largest absolute Gasteiger partial charge is 0.310 e. The van der Waals surface area contributed by atoms with Crippen LogP contribution in [0.4, 0.5) is 0 Å². The monoisotopic (exact) mass is 273 g/mol. The van der Waals surface area contributed by atoms with Gasteiger partial charge in [-0.25, -0.2) is 0 Å². The second kappa shape index (κ2) is 7.26. The quantitative estimate of drug-likeness (QED) is 0.699. The third-order valence-corrected chi connectivity index (χ3v) is 5.06. The Hall–Kier alpha value is -0.820. The van der Waals surface area contributed by atoms with Crippen LogP contribution in [0.2, 0.25) is 0 Å². The molecule has 1 aromatic carbocycles. The predicted molar refractivity (Wildman–Crippen MR) is 88.3 cm³/mol. The molecule has 2 rings (SSSR count). The van der Waals surface area contributed by atoms with E-state index in [0.29, 0.717) is 6.04 Å². The smallest absolute Gasteiger partial charge is 0.0294 e. The van der Waals surface area contributed by atoms with Crippen molar-refractivity contribution in [3.8, 4) is 0 Å². The third kappa shape index (κ3) is 4.09. The number of nitrogens with one attached hydrogen (secondary N) is 1. The maximum absolute atomic E-state index is 3.71. The molecule has 1 atom stereocenters. The van der Waals surface area contributed by atoms with Crippen LogP contribution in [0.1, 0.15) is 73.7 Å². The predicted octanol–water partition coefficient (Wildman–Crippen LogP) is 5.23. The Bertz CT molecular complexity index is 430. The number of hydrogen-bond donors (Lipinski definition) is 1. The lowest BCUT2D eigenvalue weighted by atomic mass is 9.96. The van der Waals surface area contributed by atoms with Crippen molar-refractivity contribution in [2.75, 3.05) is 6.54 Å². The van der Waals surface area contributed by atoms with Gasteiger partial charge in [0.2, 0.25) is 0 Å². The van der Waals surface area contributed by atoms with E-state index in [2.05, 4.69) is 45.1 Å². The first kappa shape index (κ1) is 15.6. The molecule has 1 N–H and O–H groups in total. The van der Waals surface area contributed by atoms with E-state index in [1.807, 2.05) is 0 Å². The molecular formula is C19H31N. The van der Waals surface area contributed by atoms with Gasteiger partial charge in [-0.1, -0.05) is 37.8 Å². The molecule has 0 heterocycles. The van der Waals surface area contributed by atoms with Gasteiger partial charge in [0.15, 0.2) is 0 Å². The van der Waals surface area contributed by atoms with Crippen molar-refractivity contribution in [1.82, 2.24) is 5.32 Å². The van der Waals surface area contributed by atoms with Crippen molar-refractivity contribution in [3.05, 3.63) is 34.4 Å². The molecule has 0 aliphatic heterocycles. The summed E-state index contributed by atoms with van der Waals surface area (Å²) in [5.41, 5.74) is 5.70. The van der Waals surface area contributed by atoms with Crippen molar-refractivity contribution < 1.29 is 0 Å². The minimum atomic E-state index is 0.470. The number of aryl methyl sites for hydroxylation is 3. The molecule has 20 heavy (non-hydrogen) atoms. The Morgan fingerprint density at radius 1 is 1.05 bits per heavy atom. The van der Waals surface area contributed by atoms with Crippen molar-refractivity contribution in [2.45, 2.75) is 72.3 Å². The molecule has 112 valence electrons. The SMILES string of the molecule is Cc1cc(C)c(C(C)NCCCC2CCCC2)cc1C. The Labute approximate surface area is 125 Å². The molecule has 1 aliphatic rings. The van der Waals surface area contributed by atoms with E-state index in [-0.39, 0.29) is 0 Å². The summed E-state index contributed by atoms with van der Waals surface area (Å²) in [6, 6.07) is 5.15. The maximum Gasteiger partial charge on any atom is 0.0294 e. The molecule has 0 spiro atoms. The summed E-state index contributed by atoms with van der Waals surface area (Å²) in [5.74, 6) is 1.02. The lowest BCUT2D eigenvalue weighted by Gasteiger charge is -2.19. The summed E-state index contributed by atoms with van der Waals surface area (Å²) >= 11 is 0. The van der Waals surface area contributed by atoms with Gasteiger partial charge in [-0.15, -0.1) is 0 Å². The van der Waals surface area contributed by atoms with Crippen LogP contribution >= 0.6 is 0 Å². The van der Waals surface area contributed by atoms with E-state index in [1.165, 1.54) is 60.8 Å². The van der Waals surface area contributed by atoms with Gasteiger partial charge in [0.05, 0.1) is 0 Å². The van der Waals surface area contributed by atoms with Gasteiger partial charge in [-0.3, -0.25) is 0 Å². The first-order chi connectivity index (χ1) is 9.58. The summed E-state index contributed by atoms with van der Waals surface area (Å²) in [4.78, 5) is 0. The van der Waals surface area contributed by atoms with Crippen molar-refractivity contribution in [3.63, 3.8) is 0 Å². The molecule has 1 nitrogen and oxygen atoms in total. The molecule has 1 saturated carbocycles. The molecule has 0 aromatic heterocycles. The molecule has 0 saturated heterocycles. The molecule has 1 aliphatic carbocycles. The van der Waals surface area contributed by atoms with E-state index in [4.69, 9.17) is 0 Å². The van der Waals surface area contributed by atoms with Gasteiger partial charge in [-0.05, 0) is 75.3 Å². The van der Waals surface area contributed by atoms with Gasteiger partial charge in [0.1, 0.15) is 0 Å². The normalized spacial score (nSPS) is 17.6. The number of hydrogen-bond acceptors (Lipinski definition) is 1. The van der Waals surface area contributed by atoms with Crippen LogP contribution < -0.4 is 5.32 Å². The number of rotatable bonds is 6. The third-order valence-electron chi connectivity index (χ3n) is 5.06. The zero-order chi connectivity index (χ0) is 14.5. The van der Waals surface area contributed by atoms with Gasteiger partial charge in [0, 0.05) is 6.04 Å². The van der Waals surface area contributed by atoms with Crippen LogP contribution in [0.25, 0.3) is 0 Å². The zero-order valence-corrected chi connectivity index (χ0v) is 13.8. The molecule has 1 heteroatoms. The molecular weight excluding hydrogens is 242 g/mol. The average molecular weight is 273 g/mol. The van der Waals surface area contributed by atoms with Crippen molar-refractivity contribution >= 4 is 0 Å². The first-order valence-corrected chi connectivity index (χ1v) is 8.39. The van der Waals surface area contributed by atoms with Crippen LogP contribution in [0.15, 0.2) is 12.1 Å². The maximum atomic E-state index is 3.71. The average Bonchev–Trinajstić information content (AvgIpc) is 2.92. The molecule has 0 amide bonds. The second-order valence-electron chi connectivity index (χ2n) is 6.76. The summed E-state index contributed by atoms with van der Waals surface area (Å²) in [6.07, 6.45) is 8.65. The van der Waals surface area contributed by atoms with Crippen LogP contribution in [0, 0.1) is 26.7 Å². The van der Waals surface area contributed by atoms with E-state index < -0.39 is 0 Å². The van der Waals surface area contributed by atoms with Crippen LogP contribution in [-0.2, 0) is 0 Å². The Kier molecular flexibility index (Phi) is 5.65. The Balaban J connectivity index is 1.79. The van der Waals surface area contributed by atoms with Crippen LogP contribution in [0.5, 0.6) is 0 Å². The molecule has 1 aromatic rings. The Morgan fingerprint density at radius 3 is 2.40 bits per heavy atom. The van der Waals surface area contributed by atoms with Crippen LogP contribution in [-0.4, -0.2) is 6.54 Å². The molecule has 0 bridgehead atoms. The number of benzene rings is 1. The minimum Gasteiger partial charge on any atom is -0.310 e. The topological polar surface area (TPSA) is 12.0 Å². The summed E-state index contributed by atoms with van der Waals surface area (Å²) in [6.45, 7) is 10.1. The van der Waals surface area contributed by atoms with Gasteiger partial charge in [0.25, 0.3) is 0 Å². The zero-order valence-electron chi connectivity index (χ0n) is 13.8. The van der Waals surface area contributed by atoms with Gasteiger partial charge < -0.3 is 5.32 Å². The highest BCUT2D eigenvalue weighted by Gasteiger charge is 2.14. The second-order valence-corrected chi connectivity index (χ2v) is 6.76. The van der Waals surface area contributed by atoms with Crippen LogP contribution in [0.3, 0.4) is 0 Å². The molecule has 0 radical (unpaired) electrons. The lowest BCUT2D eigenvalue weighted by Crippen LogP contribution is -2.21. The minimum absolute atomic E-state index is 0.470. The fraction of sp³-hybridized carbons (Fsp3) is 0.684. The summed E-state index contributed by atoms with van der Waals surface area (Å²) < 4.78 is 0. The fourth-order valence-electron chi connectivity index (χ4n) is 3.57. The summed E-state index contributed by atoms with van der Waals surface area (Å²) in [7, 11) is 0. The molecule has 1 unspecified atom stereocenters. The highest BCUT2D eigenvalue weighted by Crippen LogP contribution is 2.28. The standard InChI is InChI=1S/C19H31N/c1-14-12-16(3)19(13-15(14)2)17(4)20-11-7-10-18-8-5-6-9-18/h12-13,17-18,20H,5-11H2,1-4H3. The first-order valence-electron chi connectivity index (χ1n) is 8.39. The highest BCUT2D eigenvalue weighted by molar-refractivity contribution is 5.37. The van der Waals surface area contributed by atoms with E-state index in [9.17, 15) is 0 Å². The van der Waals surface area contributed by atoms with Gasteiger partial charge in [-0.2, -0.15) is 0 Å². The molecule has 1 fully saturated rings. The fourth-order valence-corrected chi connectivity index (χ4v) is 3.57. The Morgan fingerprint density at radius 2 is 1.70 bits per heavy atom.